The first-order valence-corrected chi connectivity index (χ1v) is 4.73. The van der Waals surface area contributed by atoms with Crippen molar-refractivity contribution in [3.63, 3.8) is 0 Å². The van der Waals surface area contributed by atoms with E-state index in [9.17, 15) is 0 Å². The van der Waals surface area contributed by atoms with E-state index in [1.165, 1.54) is 0 Å². The summed E-state index contributed by atoms with van der Waals surface area (Å²) >= 11 is 3.40. The minimum absolute atomic E-state index is 0. The zero-order chi connectivity index (χ0) is 7.68. The molecule has 2 rings (SSSR count). The lowest BCUT2D eigenvalue weighted by Gasteiger charge is -1.96. The van der Waals surface area contributed by atoms with Gasteiger partial charge in [-0.2, -0.15) is 4.57 Å². The van der Waals surface area contributed by atoms with Crippen LogP contribution in [0.3, 0.4) is 0 Å². The van der Waals surface area contributed by atoms with Crippen molar-refractivity contribution in [1.82, 2.24) is 0 Å². The Morgan fingerprint density at radius 3 is 3.08 bits per heavy atom. The molecular weight excluding hydrogens is 286 g/mol. The predicted molar refractivity (Wildman–Crippen MR) is 44.8 cm³/mol. The Morgan fingerprint density at radius 1 is 1.58 bits per heavy atom. The predicted octanol–water partition coefficient (Wildman–Crippen LogP) is -1.87. The van der Waals surface area contributed by atoms with Gasteiger partial charge in [0.05, 0.1) is 6.07 Å². The highest BCUT2D eigenvalue weighted by Gasteiger charge is 2.27. The van der Waals surface area contributed by atoms with Crippen molar-refractivity contribution in [2.24, 2.45) is 0 Å². The first-order valence-electron chi connectivity index (χ1n) is 3.61. The maximum Gasteiger partial charge on any atom is 0.368 e. The van der Waals surface area contributed by atoms with Crippen LogP contribution in [-0.2, 0) is 6.54 Å². The van der Waals surface area contributed by atoms with Gasteiger partial charge in [0, 0.05) is 11.4 Å². The average Bonchev–Trinajstić information content (AvgIpc) is 2.46. The summed E-state index contributed by atoms with van der Waals surface area (Å²) in [5.41, 5.74) is 0. The normalized spacial score (nSPS) is 19.2. The van der Waals surface area contributed by atoms with Crippen molar-refractivity contribution >= 4 is 15.9 Å². The number of ether oxygens (including phenoxy) is 1. The van der Waals surface area contributed by atoms with E-state index in [1.54, 1.807) is 0 Å². The van der Waals surface area contributed by atoms with E-state index in [2.05, 4.69) is 20.5 Å². The number of rotatable bonds is 1. The van der Waals surface area contributed by atoms with Gasteiger partial charge in [0.2, 0.25) is 0 Å². The molecule has 0 aliphatic carbocycles. The standard InChI is InChI=1S/C8H9BrNO.BrH/c9-5-7-6-10-4-2-1-3-8(10)11-7;/h1-4,7H,5-6H2;1H/q+1;/p-1. The van der Waals surface area contributed by atoms with Crippen LogP contribution in [0.4, 0.5) is 0 Å². The Kier molecular flexibility index (Phi) is 3.53. The third kappa shape index (κ3) is 1.80. The summed E-state index contributed by atoms with van der Waals surface area (Å²) in [7, 11) is 0. The first-order chi connectivity index (χ1) is 5.40. The summed E-state index contributed by atoms with van der Waals surface area (Å²) in [6.45, 7) is 0.960. The molecule has 2 heterocycles. The van der Waals surface area contributed by atoms with Crippen molar-refractivity contribution < 1.29 is 26.3 Å². The van der Waals surface area contributed by atoms with E-state index < -0.39 is 0 Å². The molecule has 0 fully saturated rings. The number of alkyl halides is 1. The summed E-state index contributed by atoms with van der Waals surface area (Å²) in [6.07, 6.45) is 2.34. The Bertz CT molecular complexity index is 242. The van der Waals surface area contributed by atoms with Crippen LogP contribution >= 0.6 is 15.9 Å². The van der Waals surface area contributed by atoms with Gasteiger partial charge in [0.25, 0.3) is 0 Å². The highest BCUT2D eigenvalue weighted by Crippen LogP contribution is 2.13. The Hall–Kier alpha value is -0.0900. The molecule has 0 saturated carbocycles. The van der Waals surface area contributed by atoms with Crippen LogP contribution in [0.1, 0.15) is 0 Å². The fourth-order valence-corrected chi connectivity index (χ4v) is 1.56. The highest BCUT2D eigenvalue weighted by molar-refractivity contribution is 9.09. The van der Waals surface area contributed by atoms with Gasteiger partial charge in [-0.1, -0.05) is 15.9 Å². The minimum atomic E-state index is 0. The van der Waals surface area contributed by atoms with Gasteiger partial charge in [0.15, 0.2) is 18.8 Å². The van der Waals surface area contributed by atoms with Crippen molar-refractivity contribution in [2.75, 3.05) is 5.33 Å². The van der Waals surface area contributed by atoms with Crippen molar-refractivity contribution in [1.29, 1.82) is 0 Å². The Labute approximate surface area is 90.4 Å². The molecule has 66 valence electrons. The molecule has 0 radical (unpaired) electrons. The lowest BCUT2D eigenvalue weighted by molar-refractivity contribution is -0.681. The molecule has 0 amide bonds. The number of pyridine rings is 1. The van der Waals surface area contributed by atoms with Crippen LogP contribution in [0.2, 0.25) is 0 Å². The monoisotopic (exact) mass is 293 g/mol. The van der Waals surface area contributed by atoms with Gasteiger partial charge in [-0.25, -0.2) is 0 Å². The number of aromatic nitrogens is 1. The van der Waals surface area contributed by atoms with Crippen LogP contribution in [0, 0.1) is 0 Å². The number of fused-ring (bicyclic) bond motifs is 1. The van der Waals surface area contributed by atoms with Gasteiger partial charge in [-0.05, 0) is 6.07 Å². The molecule has 0 N–H and O–H groups in total. The van der Waals surface area contributed by atoms with Crippen molar-refractivity contribution in [2.45, 2.75) is 12.6 Å². The molecule has 1 aliphatic rings. The van der Waals surface area contributed by atoms with Gasteiger partial charge >= 0.3 is 5.88 Å². The van der Waals surface area contributed by atoms with Gasteiger partial charge in [-0.15, -0.1) is 0 Å². The second-order valence-electron chi connectivity index (χ2n) is 2.59. The van der Waals surface area contributed by atoms with E-state index >= 15 is 0 Å². The highest BCUT2D eigenvalue weighted by atomic mass is 79.9. The molecule has 0 saturated heterocycles. The van der Waals surface area contributed by atoms with Gasteiger partial charge < -0.3 is 21.7 Å². The molecule has 12 heavy (non-hydrogen) atoms. The van der Waals surface area contributed by atoms with Crippen LogP contribution in [-0.4, -0.2) is 11.4 Å². The second kappa shape index (κ2) is 4.23. The fraction of sp³-hybridized carbons (Fsp3) is 0.375. The Morgan fingerprint density at radius 2 is 2.42 bits per heavy atom. The number of halogens is 2. The first kappa shape index (κ1) is 9.99. The number of hydrogen-bond acceptors (Lipinski definition) is 1. The molecule has 1 unspecified atom stereocenters. The molecular formula is C8H9Br2NO. The molecule has 0 aromatic carbocycles. The molecule has 1 atom stereocenters. The van der Waals surface area contributed by atoms with Crippen LogP contribution < -0.4 is 26.3 Å². The van der Waals surface area contributed by atoms with Crippen LogP contribution in [0.5, 0.6) is 5.88 Å². The lowest BCUT2D eigenvalue weighted by atomic mass is 10.4. The topological polar surface area (TPSA) is 13.1 Å². The number of hydrogen-bond donors (Lipinski definition) is 0. The zero-order valence-corrected chi connectivity index (χ0v) is 9.58. The zero-order valence-electron chi connectivity index (χ0n) is 6.41. The third-order valence-electron chi connectivity index (χ3n) is 1.76. The third-order valence-corrected chi connectivity index (χ3v) is 2.48. The van der Waals surface area contributed by atoms with Gasteiger partial charge in [0.1, 0.15) is 0 Å². The van der Waals surface area contributed by atoms with E-state index in [1.807, 2.05) is 24.4 Å². The summed E-state index contributed by atoms with van der Waals surface area (Å²) in [6, 6.07) is 5.99. The lowest BCUT2D eigenvalue weighted by Crippen LogP contribution is -3.00. The van der Waals surface area contributed by atoms with E-state index in [-0.39, 0.29) is 17.0 Å². The van der Waals surface area contributed by atoms with E-state index in [4.69, 9.17) is 4.74 Å². The number of nitrogens with zero attached hydrogens (tertiary/aromatic N) is 1. The minimum Gasteiger partial charge on any atom is -1.00 e. The molecule has 1 aromatic heterocycles. The maximum atomic E-state index is 5.57. The van der Waals surface area contributed by atoms with Crippen molar-refractivity contribution in [3.05, 3.63) is 24.4 Å². The van der Waals surface area contributed by atoms with Crippen LogP contribution in [0.25, 0.3) is 0 Å². The Balaban J connectivity index is 0.000000720. The average molecular weight is 295 g/mol. The molecule has 0 spiro atoms. The summed E-state index contributed by atoms with van der Waals surface area (Å²) in [4.78, 5) is 0. The summed E-state index contributed by atoms with van der Waals surface area (Å²) in [5, 5.41) is 0.898. The molecule has 4 heteroatoms. The molecule has 1 aromatic rings. The largest absolute Gasteiger partial charge is 1.00 e. The summed E-state index contributed by atoms with van der Waals surface area (Å²) < 4.78 is 7.69. The van der Waals surface area contributed by atoms with E-state index in [0.717, 1.165) is 17.8 Å². The van der Waals surface area contributed by atoms with Gasteiger partial charge in [-0.3, -0.25) is 0 Å². The second-order valence-corrected chi connectivity index (χ2v) is 3.23. The molecule has 0 bridgehead atoms. The maximum absolute atomic E-state index is 5.57. The van der Waals surface area contributed by atoms with Crippen LogP contribution in [0.15, 0.2) is 24.4 Å². The van der Waals surface area contributed by atoms with Crippen molar-refractivity contribution in [3.8, 4) is 5.88 Å². The van der Waals surface area contributed by atoms with E-state index in [0.29, 0.717) is 6.10 Å². The quantitative estimate of drug-likeness (QED) is 0.437. The fourth-order valence-electron chi connectivity index (χ4n) is 1.23. The smallest absolute Gasteiger partial charge is 0.368 e. The SMILES string of the molecule is BrCC1C[n+]2ccccc2O1.[Br-]. The molecule has 1 aliphatic heterocycles. The molecule has 2 nitrogen and oxygen atoms in total. The summed E-state index contributed by atoms with van der Waals surface area (Å²) in [5.74, 6) is 0.969.